The molecule has 5 nitrogen and oxygen atoms in total. The van der Waals surface area contributed by atoms with Crippen LogP contribution in [0.1, 0.15) is 32.9 Å². The smallest absolute Gasteiger partial charge is 0.238 e. The summed E-state index contributed by atoms with van der Waals surface area (Å²) in [6.07, 6.45) is 0. The van der Waals surface area contributed by atoms with E-state index < -0.39 is 209 Å². The molecule has 0 aliphatic rings. The highest BCUT2D eigenvalue weighted by Crippen LogP contribution is 2.38. The van der Waals surface area contributed by atoms with E-state index in [1.807, 2.05) is 36.4 Å². The molecule has 0 aliphatic heterocycles. The van der Waals surface area contributed by atoms with Crippen molar-refractivity contribution in [1.82, 2.24) is 24.1 Å². The molecule has 0 aliphatic carbocycles. The second-order valence-corrected chi connectivity index (χ2v) is 19.4. The third-order valence-electron chi connectivity index (χ3n) is 12.0. The highest BCUT2D eigenvalue weighted by Gasteiger charge is 2.41. The summed E-state index contributed by atoms with van der Waals surface area (Å²) >= 11 is 0. The van der Waals surface area contributed by atoms with Crippen molar-refractivity contribution >= 4 is 72.4 Å². The number of para-hydroxylation sites is 4. The van der Waals surface area contributed by atoms with Crippen LogP contribution in [0.25, 0.3) is 89.2 Å². The minimum atomic E-state index is -4.05. The number of benzene rings is 10. The molecule has 13 aromatic rings. The van der Waals surface area contributed by atoms with Crippen molar-refractivity contribution in [3.8, 4) is 45.5 Å². The normalized spacial score (nSPS) is 16.6. The first-order chi connectivity index (χ1) is 44.2. The van der Waals surface area contributed by atoms with Gasteiger partial charge in [0, 0.05) is 32.7 Å². The molecule has 10 aromatic carbocycles. The van der Waals surface area contributed by atoms with E-state index in [1.165, 1.54) is 28.8 Å². The van der Waals surface area contributed by atoms with Gasteiger partial charge in [-0.3, -0.25) is 4.57 Å². The second-order valence-electron chi connectivity index (χ2n) is 15.7. The monoisotopic (exact) mass is 921 g/mol. The van der Waals surface area contributed by atoms with Gasteiger partial charge < -0.3 is 4.57 Å². The molecule has 13 rings (SSSR count). The molecule has 6 heteroatoms. The van der Waals surface area contributed by atoms with Gasteiger partial charge in [0.15, 0.2) is 19.7 Å². The molecular formula is C63H43N5Si. The third kappa shape index (κ3) is 6.64. The standard InChI is InChI=1S/C63H43N5Si/c1-5-22-44(23-6-1)45-40-41-60-55(43-45)53-34-15-19-38-58(53)68(60)63-65-61(64-62(66-63)54-35-16-20-39-59(54)67-56-36-17-13-32-51(56)52-33-14-18-37-57(52)67)46-24-21-31-50(42-46)69(47-25-7-2-8-26-47,48-27-9-3-10-28-48)49-29-11-4-12-30-49/h1-43H/i1D,5D,6D,13D,14D,15D,17D,18D,19D,21D,22D,23D,24D,31D,32D,33D,34D,36D,37D,38D,40D,41D,42D,43D. The lowest BCUT2D eigenvalue weighted by Crippen LogP contribution is -2.74. The highest BCUT2D eigenvalue weighted by molar-refractivity contribution is 7.19. The van der Waals surface area contributed by atoms with Gasteiger partial charge in [0.25, 0.3) is 0 Å². The van der Waals surface area contributed by atoms with Gasteiger partial charge in [-0.25, -0.2) is 4.98 Å². The van der Waals surface area contributed by atoms with Gasteiger partial charge in [0.05, 0.1) is 60.7 Å². The van der Waals surface area contributed by atoms with Crippen molar-refractivity contribution in [2.24, 2.45) is 0 Å². The highest BCUT2D eigenvalue weighted by atomic mass is 28.3. The van der Waals surface area contributed by atoms with Crippen LogP contribution in [0.15, 0.2) is 260 Å². The Bertz CT molecular complexity index is 5250. The van der Waals surface area contributed by atoms with Gasteiger partial charge in [0.1, 0.15) is 0 Å². The van der Waals surface area contributed by atoms with Gasteiger partial charge in [-0.05, 0) is 74.2 Å². The fourth-order valence-electron chi connectivity index (χ4n) is 9.07. The van der Waals surface area contributed by atoms with Gasteiger partial charge in [-0.15, -0.1) is 0 Å². The van der Waals surface area contributed by atoms with E-state index in [0.717, 1.165) is 4.57 Å². The zero-order valence-corrected chi connectivity index (χ0v) is 36.7. The van der Waals surface area contributed by atoms with E-state index in [2.05, 4.69) is 0 Å². The van der Waals surface area contributed by atoms with Crippen molar-refractivity contribution < 1.29 is 32.9 Å². The van der Waals surface area contributed by atoms with E-state index in [-0.39, 0.29) is 38.2 Å². The molecule has 3 heterocycles. The van der Waals surface area contributed by atoms with Crippen LogP contribution in [0.3, 0.4) is 0 Å². The van der Waals surface area contributed by atoms with Crippen LogP contribution < -0.4 is 20.7 Å². The van der Waals surface area contributed by atoms with Crippen molar-refractivity contribution in [2.75, 3.05) is 0 Å². The SMILES string of the molecule is [2H]c1c([2H])c([2H])c(-c2c([2H])c([2H])c3c(c2[2H])c2c([2H])c([2H])c([2H])c([2H])c2n3-c2nc(-c3ccccc3-n3c4c([2H])c([2H])c([2H])c([2H])c4c4c([2H])c([2H])c([2H])c([2H])c43)nc(-c3c([2H])c([2H])c([2H])c([Si](c4ccccc4)(c4ccccc4)c4ccccc4)c3[2H])n2)c([2H])c1[2H]. The fourth-order valence-corrected chi connectivity index (χ4v) is 13.6. The molecule has 0 fully saturated rings. The largest absolute Gasteiger partial charge is 0.309 e. The van der Waals surface area contributed by atoms with E-state index in [9.17, 15) is 17.8 Å². The summed E-state index contributed by atoms with van der Waals surface area (Å²) in [4.78, 5) is 14.9. The molecule has 0 unspecified atom stereocenters. The summed E-state index contributed by atoms with van der Waals surface area (Å²) in [5.41, 5.74) is -3.81. The summed E-state index contributed by atoms with van der Waals surface area (Å²) in [6, 6.07) is 15.0. The Morgan fingerprint density at radius 2 is 0.826 bits per heavy atom. The predicted molar refractivity (Wildman–Crippen MR) is 288 cm³/mol. The summed E-state index contributed by atoms with van der Waals surface area (Å²) in [5, 5.41) is 0.403. The number of hydrogen-bond acceptors (Lipinski definition) is 3. The molecule has 0 bridgehead atoms. The van der Waals surface area contributed by atoms with Crippen molar-refractivity contribution in [3.63, 3.8) is 0 Å². The summed E-state index contributed by atoms with van der Waals surface area (Å²) in [6.45, 7) is 0. The van der Waals surface area contributed by atoms with E-state index in [0.29, 0.717) is 15.6 Å². The molecule has 69 heavy (non-hydrogen) atoms. The number of rotatable bonds is 9. The first-order valence-electron chi connectivity index (χ1n) is 33.5. The Balaban J connectivity index is 1.25. The lowest BCUT2D eigenvalue weighted by molar-refractivity contribution is 0.952. The molecule has 0 atom stereocenters. The van der Waals surface area contributed by atoms with Gasteiger partial charge in [-0.1, -0.05) is 218 Å². The Morgan fingerprint density at radius 3 is 1.45 bits per heavy atom. The van der Waals surface area contributed by atoms with Crippen LogP contribution in [0, 0.1) is 0 Å². The lowest BCUT2D eigenvalue weighted by Gasteiger charge is -2.34. The molecule has 0 saturated carbocycles. The Hall–Kier alpha value is -8.97. The van der Waals surface area contributed by atoms with E-state index >= 15 is 0 Å². The van der Waals surface area contributed by atoms with Crippen molar-refractivity contribution in [1.29, 1.82) is 0 Å². The van der Waals surface area contributed by atoms with E-state index in [4.69, 9.17) is 30.0 Å². The van der Waals surface area contributed by atoms with Crippen LogP contribution in [-0.2, 0) is 0 Å². The average molecular weight is 922 g/mol. The molecule has 0 N–H and O–H groups in total. The predicted octanol–water partition coefficient (Wildman–Crippen LogP) is 12.4. The lowest BCUT2D eigenvalue weighted by atomic mass is 10.0. The Morgan fingerprint density at radius 1 is 0.333 bits per heavy atom. The summed E-state index contributed by atoms with van der Waals surface area (Å²) in [7, 11) is -4.05. The first-order valence-corrected chi connectivity index (χ1v) is 23.5. The number of nitrogens with zero attached hydrogens (tertiary/aromatic N) is 5. The maximum Gasteiger partial charge on any atom is 0.238 e. The number of hydrogen-bond donors (Lipinski definition) is 0. The average Bonchev–Trinajstić information content (AvgIpc) is 1.66. The van der Waals surface area contributed by atoms with Crippen LogP contribution >= 0.6 is 0 Å². The zero-order valence-electron chi connectivity index (χ0n) is 59.7. The molecule has 0 spiro atoms. The minimum absolute atomic E-state index is 0.00291. The van der Waals surface area contributed by atoms with Gasteiger partial charge in [0.2, 0.25) is 5.95 Å². The van der Waals surface area contributed by atoms with Crippen molar-refractivity contribution in [2.45, 2.75) is 0 Å². The van der Waals surface area contributed by atoms with Crippen LogP contribution in [0.4, 0.5) is 0 Å². The molecular weight excluding hydrogens is 855 g/mol. The number of fused-ring (bicyclic) bond motifs is 6. The topological polar surface area (TPSA) is 48.5 Å². The summed E-state index contributed by atoms with van der Waals surface area (Å²) < 4.78 is 224. The molecule has 0 saturated heterocycles. The number of aromatic nitrogens is 5. The summed E-state index contributed by atoms with van der Waals surface area (Å²) in [5.74, 6) is -1.81. The van der Waals surface area contributed by atoms with Crippen LogP contribution in [-0.4, -0.2) is 32.2 Å². The van der Waals surface area contributed by atoms with Crippen LogP contribution in [0.2, 0.25) is 0 Å². The zero-order chi connectivity index (χ0) is 66.6. The van der Waals surface area contributed by atoms with Gasteiger partial charge >= 0.3 is 0 Å². The third-order valence-corrected chi connectivity index (χ3v) is 16.6. The Kier molecular flexibility index (Phi) is 5.50. The molecule has 324 valence electrons. The molecule has 3 aromatic heterocycles. The first kappa shape index (κ1) is 22.7. The van der Waals surface area contributed by atoms with E-state index in [1.54, 1.807) is 54.6 Å². The quantitative estimate of drug-likeness (QED) is 0.107. The minimum Gasteiger partial charge on any atom is -0.309 e. The fraction of sp³-hybridized carbons (Fsp3) is 0. The van der Waals surface area contributed by atoms with Crippen molar-refractivity contribution in [3.05, 3.63) is 260 Å². The maximum atomic E-state index is 10.6. The van der Waals surface area contributed by atoms with Crippen LogP contribution in [0.5, 0.6) is 0 Å². The van der Waals surface area contributed by atoms with Gasteiger partial charge in [-0.2, -0.15) is 9.97 Å². The Labute approximate surface area is 434 Å². The molecule has 0 radical (unpaired) electrons. The second kappa shape index (κ2) is 16.7. The maximum absolute atomic E-state index is 10.6. The molecule has 0 amide bonds.